The molecule has 9 heterocycles. The number of rotatable bonds is 8. The van der Waals surface area contributed by atoms with Gasteiger partial charge in [-0.15, -0.1) is 0 Å². The summed E-state index contributed by atoms with van der Waals surface area (Å²) in [5, 5.41) is 0. The van der Waals surface area contributed by atoms with E-state index < -0.39 is 178 Å². The molecular weight excluding hydrogens is 1370 g/mol. The van der Waals surface area contributed by atoms with Crippen molar-refractivity contribution in [2.24, 2.45) is 0 Å². The number of hydrogen-bond donors (Lipinski definition) is 0. The van der Waals surface area contributed by atoms with E-state index in [1.165, 1.54) is 0 Å². The fourth-order valence-electron chi connectivity index (χ4n) is 10.1. The van der Waals surface area contributed by atoms with Gasteiger partial charge in [-0.1, -0.05) is 0 Å². The van der Waals surface area contributed by atoms with Gasteiger partial charge >= 0.3 is 178 Å². The van der Waals surface area contributed by atoms with Gasteiger partial charge in [-0.3, -0.25) is 0 Å². The monoisotopic (exact) mass is 1440 g/mol. The molecule has 0 aromatic heterocycles. The molecule has 3 radical (unpaired) electrons. The molecule has 9 rings (SSSR count). The van der Waals surface area contributed by atoms with Crippen LogP contribution in [-0.4, -0.2) is 205 Å². The Morgan fingerprint density at radius 1 is 0.195 bits per heavy atom. The fourth-order valence-corrected chi connectivity index (χ4v) is 104. The summed E-state index contributed by atoms with van der Waals surface area (Å²) in [4.78, 5) is 0. The van der Waals surface area contributed by atoms with E-state index in [-0.39, 0.29) is 26.4 Å². The SMILES string of the molecule is CCO[Si]1(C)O[Si](C)(OCC)O[Si]2(C)O[Si](C)(O[Si]3O[Si]4(C)O[Si]5(C)O[Si](O[Si](C)(O4)O[Si](C)(O3)O2)O[Si]2(C)O[Si](C)(O[Si]3O[Si](C)(O2)O[Si]2(C)O[Si](C)(O3)O[Si]3(C)O[Si](C)(OCC)O[Si](C)(OCC)O[Si](C)(O3)O2)O5)O1. The quantitative estimate of drug-likeness (QED) is 0.315. The van der Waals surface area contributed by atoms with Gasteiger partial charge < -0.3 is 133 Å². The van der Waals surface area contributed by atoms with E-state index in [1.54, 1.807) is 111 Å². The van der Waals surface area contributed by atoms with Crippen LogP contribution in [0.2, 0.25) is 111 Å². The maximum atomic E-state index is 6.99. The van der Waals surface area contributed by atoms with E-state index in [1.807, 2.05) is 27.7 Å². The molecule has 9 fully saturated rings. The molecule has 17 atom stereocenters. The largest absolute Gasteiger partial charge is 0.553 e. The Kier molecular flexibility index (Phi) is 17.9. The molecule has 9 saturated heterocycles. The van der Waals surface area contributed by atoms with E-state index in [9.17, 15) is 0 Å². The standard InChI is InChI=1S/C25H71O32Si20/c1-22-26-61(5)39-62(6,27-23-2)42-74(18)51-65(9,41-61)30-58-31-66(10)45-67(11)32-59(33-69(13,47-66)49-71(15,36-58)52-74)34-70(14)48-68(12,46-67)35-60-37-72(16,50-70)53-77(21)55-73(17,38-60)54-75(19)43-63(7,28-24-3)40-64(8,29-25-4)44-76(20,56-75)57-77/h22-25H2,1-21H3. The van der Waals surface area contributed by atoms with Crippen LogP contribution in [-0.2, 0) is 133 Å². The highest BCUT2D eigenvalue weighted by atomic mass is 28.6. The first-order valence-electron chi connectivity index (χ1n) is 24.7. The molecule has 0 N–H and O–H groups in total. The predicted octanol–water partition coefficient (Wildman–Crippen LogP) is 2.34. The zero-order chi connectivity index (χ0) is 56.7. The normalized spacial score (nSPS) is 55.3. The van der Waals surface area contributed by atoms with Gasteiger partial charge in [0.05, 0.1) is 0 Å². The van der Waals surface area contributed by atoms with E-state index in [4.69, 9.17) is 133 Å². The summed E-state index contributed by atoms with van der Waals surface area (Å²) in [6.45, 7) is 36.2. The van der Waals surface area contributed by atoms with Gasteiger partial charge in [-0.2, -0.15) is 0 Å². The minimum absolute atomic E-state index is 0.241. The molecule has 77 heavy (non-hydrogen) atoms. The van der Waals surface area contributed by atoms with Crippen molar-refractivity contribution in [3.8, 4) is 0 Å². The molecule has 9 aliphatic rings. The van der Waals surface area contributed by atoms with Crippen LogP contribution >= 0.6 is 0 Å². The molecule has 16 bridgehead atoms. The van der Waals surface area contributed by atoms with Crippen LogP contribution in [0.5, 0.6) is 0 Å². The molecule has 9 aliphatic heterocycles. The maximum Gasteiger partial charge on any atom is 0.553 e. The van der Waals surface area contributed by atoms with Gasteiger partial charge in [-0.25, -0.2) is 0 Å². The Balaban J connectivity index is 1.07. The van der Waals surface area contributed by atoms with Crippen molar-refractivity contribution in [2.75, 3.05) is 26.4 Å². The summed E-state index contributed by atoms with van der Waals surface area (Å²) in [7, 11) is -78.3. The van der Waals surface area contributed by atoms with E-state index in [0.717, 1.165) is 0 Å². The van der Waals surface area contributed by atoms with Crippen molar-refractivity contribution in [3.63, 3.8) is 0 Å². The lowest BCUT2D eigenvalue weighted by molar-refractivity contribution is 0.00757. The topological polar surface area (TPSA) is 295 Å². The highest BCUT2D eigenvalue weighted by Crippen LogP contribution is 2.46. The Labute approximate surface area is 473 Å². The second kappa shape index (κ2) is 21.4. The molecule has 17 unspecified atom stereocenters. The summed E-state index contributed by atoms with van der Waals surface area (Å²) in [5.74, 6) is 0. The maximum absolute atomic E-state index is 6.99. The fraction of sp³-hybridized carbons (Fsp3) is 1.00. The molecule has 32 nitrogen and oxygen atoms in total. The molecule has 0 saturated carbocycles. The third-order valence-electron chi connectivity index (χ3n) is 11.1. The van der Waals surface area contributed by atoms with Crippen LogP contribution in [0.15, 0.2) is 0 Å². The van der Waals surface area contributed by atoms with Crippen molar-refractivity contribution in [2.45, 2.75) is 139 Å². The van der Waals surface area contributed by atoms with Gasteiger partial charge in [0, 0.05) is 138 Å². The van der Waals surface area contributed by atoms with Crippen LogP contribution < -0.4 is 0 Å². The molecule has 0 aromatic rings. The van der Waals surface area contributed by atoms with E-state index in [0.29, 0.717) is 0 Å². The van der Waals surface area contributed by atoms with Gasteiger partial charge in [0.15, 0.2) is 0 Å². The summed E-state index contributed by atoms with van der Waals surface area (Å²) in [6.07, 6.45) is 0. The van der Waals surface area contributed by atoms with Gasteiger partial charge in [0.1, 0.15) is 0 Å². The molecule has 443 valence electrons. The highest BCUT2D eigenvalue weighted by Gasteiger charge is 2.77. The van der Waals surface area contributed by atoms with Crippen LogP contribution in [0.4, 0.5) is 0 Å². The first-order chi connectivity index (χ1) is 35.0. The van der Waals surface area contributed by atoms with Crippen molar-refractivity contribution in [1.82, 2.24) is 0 Å². The average Bonchev–Trinajstić information content (AvgIpc) is 3.10. The van der Waals surface area contributed by atoms with Gasteiger partial charge in [0.25, 0.3) is 0 Å². The Morgan fingerprint density at radius 3 is 0.506 bits per heavy atom. The smallest absolute Gasteiger partial charge is 0.375 e. The lowest BCUT2D eigenvalue weighted by Gasteiger charge is -2.55. The summed E-state index contributed by atoms with van der Waals surface area (Å²) in [5.41, 5.74) is 0. The minimum atomic E-state index is -4.29. The summed E-state index contributed by atoms with van der Waals surface area (Å²) < 4.78 is 217. The summed E-state index contributed by atoms with van der Waals surface area (Å²) >= 11 is 0. The third-order valence-corrected chi connectivity index (χ3v) is 90.1. The Morgan fingerprint density at radius 2 is 0.325 bits per heavy atom. The average molecular weight is 1450 g/mol. The molecular formula is C25H71O32Si20. The van der Waals surface area contributed by atoms with Crippen molar-refractivity contribution in [3.05, 3.63) is 0 Å². The lowest BCUT2D eigenvalue weighted by atomic mass is 10.9. The third kappa shape index (κ3) is 14.8. The zero-order valence-corrected chi connectivity index (χ0v) is 66.9. The number of hydrogen-bond acceptors (Lipinski definition) is 32. The number of fused-ring (bicyclic) bond motifs is 16. The molecule has 0 amide bonds. The molecule has 0 aromatic carbocycles. The molecule has 52 heteroatoms. The van der Waals surface area contributed by atoms with Gasteiger partial charge in [-0.05, 0) is 27.7 Å². The highest BCUT2D eigenvalue weighted by molar-refractivity contribution is 7.00. The first kappa shape index (κ1) is 64.5. The minimum Gasteiger partial charge on any atom is -0.375 e. The second-order valence-electron chi connectivity index (χ2n) is 20.0. The van der Waals surface area contributed by atoms with Gasteiger partial charge in [0.2, 0.25) is 0 Å². The van der Waals surface area contributed by atoms with Crippen LogP contribution in [0.3, 0.4) is 0 Å². The lowest BCUT2D eigenvalue weighted by Crippen LogP contribution is -2.81. The van der Waals surface area contributed by atoms with E-state index >= 15 is 0 Å². The van der Waals surface area contributed by atoms with Crippen LogP contribution in [0.25, 0.3) is 0 Å². The zero-order valence-electron chi connectivity index (χ0n) is 46.9. The summed E-state index contributed by atoms with van der Waals surface area (Å²) in [6, 6.07) is 0. The molecule has 0 aliphatic carbocycles. The molecule has 0 spiro atoms. The van der Waals surface area contributed by atoms with Crippen molar-refractivity contribution >= 4 is 178 Å². The van der Waals surface area contributed by atoms with E-state index in [2.05, 4.69) is 0 Å². The predicted molar refractivity (Wildman–Crippen MR) is 292 cm³/mol. The Hall–Kier alpha value is 3.06. The van der Waals surface area contributed by atoms with Crippen LogP contribution in [0.1, 0.15) is 27.7 Å². The van der Waals surface area contributed by atoms with Crippen LogP contribution in [0, 0.1) is 0 Å². The van der Waals surface area contributed by atoms with Crippen molar-refractivity contribution < 1.29 is 133 Å². The first-order valence-corrected chi connectivity index (χ1v) is 66.2. The second-order valence-corrected chi connectivity index (χ2v) is 74.8. The Bertz CT molecular complexity index is 2240. The van der Waals surface area contributed by atoms with Crippen molar-refractivity contribution in [1.29, 1.82) is 0 Å².